The van der Waals surface area contributed by atoms with E-state index in [1.807, 2.05) is 37.3 Å². The van der Waals surface area contributed by atoms with E-state index >= 15 is 0 Å². The SMILES string of the molecule is COc1ccc([C@@H](C)NC(=O)CSCc2ccccc2C)cc1OC. The Morgan fingerprint density at radius 2 is 1.84 bits per heavy atom. The van der Waals surface area contributed by atoms with Gasteiger partial charge in [-0.25, -0.2) is 0 Å². The number of ether oxygens (including phenoxy) is 2. The Bertz CT molecular complexity index is 718. The molecule has 1 amide bonds. The zero-order chi connectivity index (χ0) is 18.2. The average molecular weight is 359 g/mol. The number of aryl methyl sites for hydroxylation is 1. The minimum atomic E-state index is -0.0913. The summed E-state index contributed by atoms with van der Waals surface area (Å²) in [6, 6.07) is 13.8. The highest BCUT2D eigenvalue weighted by Gasteiger charge is 2.13. The molecule has 1 N–H and O–H groups in total. The van der Waals surface area contributed by atoms with E-state index in [0.717, 1.165) is 11.3 Å². The molecule has 0 aliphatic rings. The van der Waals surface area contributed by atoms with E-state index in [2.05, 4.69) is 24.4 Å². The van der Waals surface area contributed by atoms with Gasteiger partial charge in [0.05, 0.1) is 26.0 Å². The minimum absolute atomic E-state index is 0.0286. The maximum atomic E-state index is 12.2. The number of benzene rings is 2. The van der Waals surface area contributed by atoms with Crippen molar-refractivity contribution < 1.29 is 14.3 Å². The molecule has 0 unspecified atom stereocenters. The normalized spacial score (nSPS) is 11.7. The fourth-order valence-electron chi connectivity index (χ4n) is 2.51. The van der Waals surface area contributed by atoms with Crippen LogP contribution in [0, 0.1) is 6.92 Å². The molecule has 25 heavy (non-hydrogen) atoms. The first-order valence-electron chi connectivity index (χ1n) is 8.18. The Balaban J connectivity index is 1.86. The summed E-state index contributed by atoms with van der Waals surface area (Å²) in [5.41, 5.74) is 3.51. The van der Waals surface area contributed by atoms with Crippen LogP contribution in [0.2, 0.25) is 0 Å². The number of carbonyl (C=O) groups is 1. The van der Waals surface area contributed by atoms with Crippen LogP contribution in [0.3, 0.4) is 0 Å². The van der Waals surface area contributed by atoms with Crippen molar-refractivity contribution in [3.63, 3.8) is 0 Å². The second-order valence-electron chi connectivity index (χ2n) is 5.82. The Morgan fingerprint density at radius 3 is 2.52 bits per heavy atom. The van der Waals surface area contributed by atoms with Crippen LogP contribution in [0.15, 0.2) is 42.5 Å². The lowest BCUT2D eigenvalue weighted by Crippen LogP contribution is -2.28. The maximum Gasteiger partial charge on any atom is 0.230 e. The highest BCUT2D eigenvalue weighted by molar-refractivity contribution is 7.99. The minimum Gasteiger partial charge on any atom is -0.493 e. The van der Waals surface area contributed by atoms with Gasteiger partial charge in [-0.05, 0) is 42.7 Å². The van der Waals surface area contributed by atoms with Crippen LogP contribution in [0.25, 0.3) is 0 Å². The summed E-state index contributed by atoms with van der Waals surface area (Å²) in [6.07, 6.45) is 0. The highest BCUT2D eigenvalue weighted by atomic mass is 32.2. The second kappa shape index (κ2) is 9.37. The summed E-state index contributed by atoms with van der Waals surface area (Å²) in [5, 5.41) is 3.03. The van der Waals surface area contributed by atoms with Gasteiger partial charge in [0, 0.05) is 5.75 Å². The third kappa shape index (κ3) is 5.43. The van der Waals surface area contributed by atoms with Crippen molar-refractivity contribution in [2.24, 2.45) is 0 Å². The summed E-state index contributed by atoms with van der Waals surface area (Å²) >= 11 is 1.62. The number of carbonyl (C=O) groups excluding carboxylic acids is 1. The third-order valence-corrected chi connectivity index (χ3v) is 5.02. The summed E-state index contributed by atoms with van der Waals surface area (Å²) in [5.74, 6) is 2.64. The van der Waals surface area contributed by atoms with Crippen LogP contribution < -0.4 is 14.8 Å². The van der Waals surface area contributed by atoms with Crippen LogP contribution >= 0.6 is 11.8 Å². The second-order valence-corrected chi connectivity index (χ2v) is 6.81. The quantitative estimate of drug-likeness (QED) is 0.770. The standard InChI is InChI=1S/C20H25NO3S/c1-14-7-5-6-8-17(14)12-25-13-20(22)21-15(2)16-9-10-18(23-3)19(11-16)24-4/h5-11,15H,12-13H2,1-4H3,(H,21,22)/t15-/m1/s1. The van der Waals surface area contributed by atoms with Crippen LogP contribution in [0.1, 0.15) is 29.7 Å². The largest absolute Gasteiger partial charge is 0.493 e. The van der Waals surface area contributed by atoms with Crippen molar-refractivity contribution in [2.75, 3.05) is 20.0 Å². The Kier molecular flexibility index (Phi) is 7.19. The van der Waals surface area contributed by atoms with Gasteiger partial charge in [-0.15, -0.1) is 11.8 Å². The molecule has 0 heterocycles. The van der Waals surface area contributed by atoms with Crippen molar-refractivity contribution in [1.82, 2.24) is 5.32 Å². The van der Waals surface area contributed by atoms with E-state index < -0.39 is 0 Å². The van der Waals surface area contributed by atoms with Gasteiger partial charge in [0.1, 0.15) is 0 Å². The van der Waals surface area contributed by atoms with Gasteiger partial charge in [0.2, 0.25) is 5.91 Å². The number of thioether (sulfide) groups is 1. The molecule has 2 aromatic carbocycles. The number of hydrogen-bond donors (Lipinski definition) is 1. The van der Waals surface area contributed by atoms with Gasteiger partial charge in [-0.1, -0.05) is 30.3 Å². The molecule has 0 spiro atoms. The maximum absolute atomic E-state index is 12.2. The van der Waals surface area contributed by atoms with Gasteiger partial charge >= 0.3 is 0 Å². The molecular formula is C20H25NO3S. The van der Waals surface area contributed by atoms with Crippen LogP contribution in [0.4, 0.5) is 0 Å². The van der Waals surface area contributed by atoms with Crippen LogP contribution in [-0.2, 0) is 10.5 Å². The zero-order valence-corrected chi connectivity index (χ0v) is 16.0. The lowest BCUT2D eigenvalue weighted by molar-refractivity contribution is -0.119. The monoisotopic (exact) mass is 359 g/mol. The van der Waals surface area contributed by atoms with Crippen LogP contribution in [-0.4, -0.2) is 25.9 Å². The van der Waals surface area contributed by atoms with E-state index in [0.29, 0.717) is 17.3 Å². The highest BCUT2D eigenvalue weighted by Crippen LogP contribution is 2.29. The molecule has 1 atom stereocenters. The molecule has 0 radical (unpaired) electrons. The molecule has 0 bridgehead atoms. The summed E-state index contributed by atoms with van der Waals surface area (Å²) in [6.45, 7) is 4.06. The van der Waals surface area contributed by atoms with E-state index in [9.17, 15) is 4.79 Å². The van der Waals surface area contributed by atoms with Crippen molar-refractivity contribution in [3.05, 3.63) is 59.2 Å². The number of amides is 1. The lowest BCUT2D eigenvalue weighted by Gasteiger charge is -2.16. The molecule has 134 valence electrons. The van der Waals surface area contributed by atoms with E-state index in [-0.39, 0.29) is 11.9 Å². The van der Waals surface area contributed by atoms with Gasteiger partial charge in [0.15, 0.2) is 11.5 Å². The number of methoxy groups -OCH3 is 2. The lowest BCUT2D eigenvalue weighted by atomic mass is 10.1. The molecular weight excluding hydrogens is 334 g/mol. The van der Waals surface area contributed by atoms with Gasteiger partial charge in [0.25, 0.3) is 0 Å². The molecule has 0 saturated carbocycles. The molecule has 2 aromatic rings. The molecule has 0 aromatic heterocycles. The first-order valence-corrected chi connectivity index (χ1v) is 9.34. The molecule has 0 saturated heterocycles. The van der Waals surface area contributed by atoms with E-state index in [4.69, 9.17) is 9.47 Å². The Morgan fingerprint density at radius 1 is 1.12 bits per heavy atom. The van der Waals surface area contributed by atoms with Crippen molar-refractivity contribution >= 4 is 17.7 Å². The van der Waals surface area contributed by atoms with Gasteiger partial charge < -0.3 is 14.8 Å². The fourth-order valence-corrected chi connectivity index (χ4v) is 3.43. The fraction of sp³-hybridized carbons (Fsp3) is 0.350. The summed E-state index contributed by atoms with van der Waals surface area (Å²) in [4.78, 5) is 12.2. The molecule has 0 aliphatic heterocycles. The molecule has 5 heteroatoms. The summed E-state index contributed by atoms with van der Waals surface area (Å²) < 4.78 is 10.6. The van der Waals surface area contributed by atoms with Crippen molar-refractivity contribution in [2.45, 2.75) is 25.6 Å². The third-order valence-electron chi connectivity index (χ3n) is 4.04. The van der Waals surface area contributed by atoms with Gasteiger partial charge in [-0.3, -0.25) is 4.79 Å². The smallest absolute Gasteiger partial charge is 0.230 e. The number of hydrogen-bond acceptors (Lipinski definition) is 4. The van der Waals surface area contributed by atoms with Crippen LogP contribution in [0.5, 0.6) is 11.5 Å². The predicted octanol–water partition coefficient (Wildman–Crippen LogP) is 4.12. The van der Waals surface area contributed by atoms with E-state index in [1.54, 1.807) is 26.0 Å². The number of rotatable bonds is 8. The van der Waals surface area contributed by atoms with E-state index in [1.165, 1.54) is 11.1 Å². The summed E-state index contributed by atoms with van der Waals surface area (Å²) in [7, 11) is 3.21. The molecule has 0 aliphatic carbocycles. The Hall–Kier alpha value is -2.14. The predicted molar refractivity (Wildman–Crippen MR) is 103 cm³/mol. The van der Waals surface area contributed by atoms with Crippen molar-refractivity contribution in [3.8, 4) is 11.5 Å². The zero-order valence-electron chi connectivity index (χ0n) is 15.2. The number of nitrogens with one attached hydrogen (secondary N) is 1. The topological polar surface area (TPSA) is 47.6 Å². The molecule has 2 rings (SSSR count). The molecule has 4 nitrogen and oxygen atoms in total. The first kappa shape index (κ1) is 19.2. The molecule has 0 fully saturated rings. The Labute approximate surface area is 153 Å². The first-order chi connectivity index (χ1) is 12.0. The van der Waals surface area contributed by atoms with Crippen molar-refractivity contribution in [1.29, 1.82) is 0 Å². The average Bonchev–Trinajstić information content (AvgIpc) is 2.62. The van der Waals surface area contributed by atoms with Gasteiger partial charge in [-0.2, -0.15) is 0 Å².